The van der Waals surface area contributed by atoms with Gasteiger partial charge in [0.15, 0.2) is 0 Å². The number of likely N-dealkylation sites (tertiary alicyclic amines) is 1. The summed E-state index contributed by atoms with van der Waals surface area (Å²) in [6.07, 6.45) is 4.83. The van der Waals surface area contributed by atoms with E-state index < -0.39 is 0 Å². The standard InChI is InChI=1S/C13H26N2O2/c1-11-9-12(5-4-8-17-3)6-7-15(11)10-13(16)14-2/h11-12H,4-10H2,1-3H3,(H,14,16)/t11-,12-/m1/s1. The Hall–Kier alpha value is -0.610. The largest absolute Gasteiger partial charge is 0.385 e. The van der Waals surface area contributed by atoms with Gasteiger partial charge in [-0.05, 0) is 45.1 Å². The maximum Gasteiger partial charge on any atom is 0.233 e. The number of ether oxygens (including phenoxy) is 1. The molecule has 0 saturated carbocycles. The first-order chi connectivity index (χ1) is 8.17. The molecule has 0 aromatic carbocycles. The number of piperidine rings is 1. The molecular formula is C13H26N2O2. The first-order valence-corrected chi connectivity index (χ1v) is 6.61. The van der Waals surface area contributed by atoms with Crippen LogP contribution in [0.15, 0.2) is 0 Å². The Morgan fingerprint density at radius 2 is 2.29 bits per heavy atom. The average Bonchev–Trinajstić information content (AvgIpc) is 2.32. The quantitative estimate of drug-likeness (QED) is 0.713. The topological polar surface area (TPSA) is 41.6 Å². The van der Waals surface area contributed by atoms with Gasteiger partial charge in [0, 0.05) is 26.8 Å². The van der Waals surface area contributed by atoms with E-state index in [-0.39, 0.29) is 5.91 Å². The van der Waals surface area contributed by atoms with Crippen molar-refractivity contribution in [3.05, 3.63) is 0 Å². The van der Waals surface area contributed by atoms with E-state index in [1.165, 1.54) is 19.3 Å². The number of hydrogen-bond donors (Lipinski definition) is 1. The van der Waals surface area contributed by atoms with Crippen molar-refractivity contribution >= 4 is 5.91 Å². The van der Waals surface area contributed by atoms with Gasteiger partial charge in [-0.15, -0.1) is 0 Å². The van der Waals surface area contributed by atoms with E-state index >= 15 is 0 Å². The van der Waals surface area contributed by atoms with Crippen LogP contribution in [0.4, 0.5) is 0 Å². The molecule has 0 unspecified atom stereocenters. The molecule has 1 aliphatic rings. The first-order valence-electron chi connectivity index (χ1n) is 6.61. The van der Waals surface area contributed by atoms with Gasteiger partial charge in [-0.3, -0.25) is 9.69 Å². The molecule has 0 bridgehead atoms. The fourth-order valence-electron chi connectivity index (χ4n) is 2.60. The Bertz CT molecular complexity index is 233. The van der Waals surface area contributed by atoms with Crippen molar-refractivity contribution in [3.8, 4) is 0 Å². The van der Waals surface area contributed by atoms with Crippen LogP contribution in [0.3, 0.4) is 0 Å². The minimum Gasteiger partial charge on any atom is -0.385 e. The molecule has 0 aromatic heterocycles. The normalized spacial score (nSPS) is 25.8. The van der Waals surface area contributed by atoms with E-state index in [2.05, 4.69) is 17.1 Å². The Morgan fingerprint density at radius 1 is 1.53 bits per heavy atom. The summed E-state index contributed by atoms with van der Waals surface area (Å²) < 4.78 is 5.08. The molecule has 0 aliphatic carbocycles. The van der Waals surface area contributed by atoms with Crippen LogP contribution in [0, 0.1) is 5.92 Å². The number of likely N-dealkylation sites (N-methyl/N-ethyl adjacent to an activating group) is 1. The van der Waals surface area contributed by atoms with Gasteiger partial charge in [-0.25, -0.2) is 0 Å². The number of rotatable bonds is 6. The highest BCUT2D eigenvalue weighted by atomic mass is 16.5. The van der Waals surface area contributed by atoms with Gasteiger partial charge in [-0.1, -0.05) is 0 Å². The van der Waals surface area contributed by atoms with Gasteiger partial charge >= 0.3 is 0 Å². The van der Waals surface area contributed by atoms with Crippen LogP contribution in [0.2, 0.25) is 0 Å². The maximum atomic E-state index is 11.3. The Kier molecular flexibility index (Phi) is 6.52. The fraction of sp³-hybridized carbons (Fsp3) is 0.923. The van der Waals surface area contributed by atoms with Crippen LogP contribution < -0.4 is 5.32 Å². The van der Waals surface area contributed by atoms with Crippen molar-refractivity contribution in [1.29, 1.82) is 0 Å². The van der Waals surface area contributed by atoms with Crippen molar-refractivity contribution in [2.24, 2.45) is 5.92 Å². The molecule has 1 aliphatic heterocycles. The smallest absolute Gasteiger partial charge is 0.233 e. The summed E-state index contributed by atoms with van der Waals surface area (Å²) in [4.78, 5) is 13.6. The molecule has 1 fully saturated rings. The number of nitrogens with zero attached hydrogens (tertiary/aromatic N) is 1. The highest BCUT2D eigenvalue weighted by Gasteiger charge is 2.25. The second kappa shape index (κ2) is 7.67. The third-order valence-electron chi connectivity index (χ3n) is 3.71. The van der Waals surface area contributed by atoms with Crippen LogP contribution >= 0.6 is 0 Å². The molecule has 100 valence electrons. The van der Waals surface area contributed by atoms with Gasteiger partial charge in [0.05, 0.1) is 6.54 Å². The third kappa shape index (κ3) is 5.04. The first kappa shape index (κ1) is 14.5. The fourth-order valence-corrected chi connectivity index (χ4v) is 2.60. The summed E-state index contributed by atoms with van der Waals surface area (Å²) in [5.74, 6) is 0.927. The molecule has 1 amide bonds. The van der Waals surface area contributed by atoms with E-state index in [9.17, 15) is 4.79 Å². The van der Waals surface area contributed by atoms with Gasteiger partial charge in [0.2, 0.25) is 5.91 Å². The molecular weight excluding hydrogens is 216 g/mol. The summed E-state index contributed by atoms with van der Waals surface area (Å²) in [7, 11) is 3.46. The highest BCUT2D eigenvalue weighted by molar-refractivity contribution is 5.77. The Balaban J connectivity index is 2.26. The molecule has 1 heterocycles. The molecule has 2 atom stereocenters. The molecule has 0 radical (unpaired) electrons. The number of nitrogens with one attached hydrogen (secondary N) is 1. The molecule has 4 heteroatoms. The van der Waals surface area contributed by atoms with E-state index in [4.69, 9.17) is 4.74 Å². The van der Waals surface area contributed by atoms with Crippen LogP contribution in [0.5, 0.6) is 0 Å². The predicted octanol–water partition coefficient (Wildman–Crippen LogP) is 1.26. The van der Waals surface area contributed by atoms with E-state index in [1.54, 1.807) is 14.2 Å². The molecule has 1 N–H and O–H groups in total. The molecule has 0 aromatic rings. The Labute approximate surface area is 105 Å². The lowest BCUT2D eigenvalue weighted by molar-refractivity contribution is -0.122. The van der Waals surface area contributed by atoms with Crippen molar-refractivity contribution in [3.63, 3.8) is 0 Å². The van der Waals surface area contributed by atoms with E-state index in [1.807, 2.05) is 0 Å². The lowest BCUT2D eigenvalue weighted by atomic mass is 9.88. The van der Waals surface area contributed by atoms with Gasteiger partial charge in [0.25, 0.3) is 0 Å². The zero-order chi connectivity index (χ0) is 12.7. The Morgan fingerprint density at radius 3 is 2.88 bits per heavy atom. The highest BCUT2D eigenvalue weighted by Crippen LogP contribution is 2.26. The minimum atomic E-state index is 0.120. The lowest BCUT2D eigenvalue weighted by Crippen LogP contribution is -2.45. The number of carbonyl (C=O) groups is 1. The maximum absolute atomic E-state index is 11.3. The van der Waals surface area contributed by atoms with Gasteiger partial charge < -0.3 is 10.1 Å². The lowest BCUT2D eigenvalue weighted by Gasteiger charge is -2.37. The van der Waals surface area contributed by atoms with Crippen molar-refractivity contribution in [1.82, 2.24) is 10.2 Å². The summed E-state index contributed by atoms with van der Waals surface area (Å²) in [5, 5.41) is 2.69. The van der Waals surface area contributed by atoms with E-state index in [0.717, 1.165) is 25.5 Å². The number of carbonyl (C=O) groups excluding carboxylic acids is 1. The molecule has 1 saturated heterocycles. The molecule has 0 spiro atoms. The SMILES string of the molecule is CNC(=O)CN1CC[C@@H](CCCOC)C[C@H]1C. The summed E-state index contributed by atoms with van der Waals surface area (Å²) >= 11 is 0. The molecule has 1 rings (SSSR count). The molecule has 17 heavy (non-hydrogen) atoms. The van der Waals surface area contributed by atoms with Gasteiger partial charge in [0.1, 0.15) is 0 Å². The monoisotopic (exact) mass is 242 g/mol. The second-order valence-corrected chi connectivity index (χ2v) is 5.02. The minimum absolute atomic E-state index is 0.120. The average molecular weight is 242 g/mol. The number of amides is 1. The van der Waals surface area contributed by atoms with Crippen molar-refractivity contribution in [2.45, 2.75) is 38.6 Å². The number of hydrogen-bond acceptors (Lipinski definition) is 3. The predicted molar refractivity (Wildman–Crippen MR) is 68.9 cm³/mol. The summed E-state index contributed by atoms with van der Waals surface area (Å²) in [5.41, 5.74) is 0. The van der Waals surface area contributed by atoms with E-state index in [0.29, 0.717) is 12.6 Å². The summed E-state index contributed by atoms with van der Waals surface area (Å²) in [6.45, 7) is 4.69. The van der Waals surface area contributed by atoms with Crippen LogP contribution in [-0.4, -0.2) is 50.7 Å². The third-order valence-corrected chi connectivity index (χ3v) is 3.71. The number of methoxy groups -OCH3 is 1. The second-order valence-electron chi connectivity index (χ2n) is 5.02. The van der Waals surface area contributed by atoms with Crippen LogP contribution in [-0.2, 0) is 9.53 Å². The van der Waals surface area contributed by atoms with Crippen molar-refractivity contribution < 1.29 is 9.53 Å². The van der Waals surface area contributed by atoms with Crippen LogP contribution in [0.1, 0.15) is 32.6 Å². The zero-order valence-electron chi connectivity index (χ0n) is 11.4. The van der Waals surface area contributed by atoms with Crippen molar-refractivity contribution in [2.75, 3.05) is 33.9 Å². The summed E-state index contributed by atoms with van der Waals surface area (Å²) in [6, 6.07) is 0.522. The van der Waals surface area contributed by atoms with Gasteiger partial charge in [-0.2, -0.15) is 0 Å². The molecule has 4 nitrogen and oxygen atoms in total. The van der Waals surface area contributed by atoms with Crippen LogP contribution in [0.25, 0.3) is 0 Å². The zero-order valence-corrected chi connectivity index (χ0v) is 11.4.